The van der Waals surface area contributed by atoms with Crippen molar-refractivity contribution in [2.75, 3.05) is 6.54 Å². The van der Waals surface area contributed by atoms with Crippen molar-refractivity contribution in [2.24, 2.45) is 0 Å². The Kier molecular flexibility index (Phi) is 4.93. The van der Waals surface area contributed by atoms with Gasteiger partial charge >= 0.3 is 6.03 Å². The summed E-state index contributed by atoms with van der Waals surface area (Å²) < 4.78 is 1.87. The first-order chi connectivity index (χ1) is 11.7. The van der Waals surface area contributed by atoms with Gasteiger partial charge in [0, 0.05) is 19.0 Å². The Balaban J connectivity index is 1.70. The number of hydrogen-bond acceptors (Lipinski definition) is 3. The molecular weight excluding hydrogens is 302 g/mol. The van der Waals surface area contributed by atoms with E-state index in [0.29, 0.717) is 13.1 Å². The van der Waals surface area contributed by atoms with Crippen molar-refractivity contribution in [1.29, 1.82) is 0 Å². The number of hydrogen-bond donors (Lipinski definition) is 1. The largest absolute Gasteiger partial charge is 0.335 e. The van der Waals surface area contributed by atoms with Crippen LogP contribution in [-0.4, -0.2) is 38.5 Å². The number of nitrogens with one attached hydrogen (secondary N) is 1. The molecule has 126 valence electrons. The number of carbonyl (C=O) groups excluding carboxylic acids is 1. The molecule has 0 bridgehead atoms. The highest BCUT2D eigenvalue weighted by molar-refractivity contribution is 5.74. The van der Waals surface area contributed by atoms with Crippen LogP contribution in [0.5, 0.6) is 0 Å². The minimum atomic E-state index is -0.0383. The van der Waals surface area contributed by atoms with Crippen LogP contribution in [0.1, 0.15) is 31.2 Å². The van der Waals surface area contributed by atoms with E-state index in [1.165, 1.54) is 0 Å². The lowest BCUT2D eigenvalue weighted by molar-refractivity contribution is 0.186. The van der Waals surface area contributed by atoms with Gasteiger partial charge in [-0.1, -0.05) is 36.4 Å². The van der Waals surface area contributed by atoms with Gasteiger partial charge in [0.05, 0.1) is 17.9 Å². The number of nitrogens with zero attached hydrogens (tertiary/aromatic N) is 4. The molecule has 0 saturated carbocycles. The van der Waals surface area contributed by atoms with Crippen LogP contribution in [-0.2, 0) is 13.0 Å². The number of aromatic nitrogens is 3. The first-order valence-electron chi connectivity index (χ1n) is 8.38. The third-order valence-electron chi connectivity index (χ3n) is 4.36. The van der Waals surface area contributed by atoms with Gasteiger partial charge < -0.3 is 10.2 Å². The van der Waals surface area contributed by atoms with Gasteiger partial charge in [-0.05, 0) is 25.0 Å². The summed E-state index contributed by atoms with van der Waals surface area (Å²) in [5.74, 6) is 0. The lowest BCUT2D eigenvalue weighted by atomic mass is 10.1. The molecule has 0 saturated heterocycles. The van der Waals surface area contributed by atoms with Crippen molar-refractivity contribution in [3.8, 4) is 5.69 Å². The number of rotatable bonds is 5. The SMILES string of the molecule is C=CCC(CC)NC(=O)N1CCc2c(nnn2-c2ccccc2)C1. The number of urea groups is 1. The van der Waals surface area contributed by atoms with Crippen molar-refractivity contribution < 1.29 is 4.79 Å². The zero-order chi connectivity index (χ0) is 16.9. The van der Waals surface area contributed by atoms with Crippen molar-refractivity contribution in [3.63, 3.8) is 0 Å². The van der Waals surface area contributed by atoms with Crippen LogP contribution in [0, 0.1) is 0 Å². The molecule has 2 aromatic rings. The van der Waals surface area contributed by atoms with Crippen LogP contribution in [0.3, 0.4) is 0 Å². The Morgan fingerprint density at radius 3 is 2.92 bits per heavy atom. The molecule has 1 atom stereocenters. The average Bonchev–Trinajstić information content (AvgIpc) is 3.05. The second kappa shape index (κ2) is 7.29. The lowest BCUT2D eigenvalue weighted by Crippen LogP contribution is -2.46. The molecule has 0 fully saturated rings. The Bertz CT molecular complexity index is 709. The van der Waals surface area contributed by atoms with E-state index in [9.17, 15) is 4.79 Å². The maximum absolute atomic E-state index is 12.5. The van der Waals surface area contributed by atoms with E-state index < -0.39 is 0 Å². The van der Waals surface area contributed by atoms with Crippen molar-refractivity contribution in [1.82, 2.24) is 25.2 Å². The number of carbonyl (C=O) groups is 1. The van der Waals surface area contributed by atoms with Crippen molar-refractivity contribution in [2.45, 2.75) is 38.8 Å². The summed E-state index contributed by atoms with van der Waals surface area (Å²) in [6.07, 6.45) is 4.27. The van der Waals surface area contributed by atoms with Gasteiger partial charge in [-0.3, -0.25) is 0 Å². The highest BCUT2D eigenvalue weighted by Crippen LogP contribution is 2.20. The van der Waals surface area contributed by atoms with E-state index in [-0.39, 0.29) is 12.1 Å². The molecule has 1 aromatic heterocycles. The summed E-state index contributed by atoms with van der Waals surface area (Å²) in [5.41, 5.74) is 2.96. The van der Waals surface area contributed by atoms with Crippen LogP contribution < -0.4 is 5.32 Å². The molecule has 1 aliphatic rings. The average molecular weight is 325 g/mol. The van der Waals surface area contributed by atoms with Crippen LogP contribution >= 0.6 is 0 Å². The van der Waals surface area contributed by atoms with E-state index in [0.717, 1.165) is 36.3 Å². The van der Waals surface area contributed by atoms with Gasteiger partial charge in [-0.25, -0.2) is 9.48 Å². The highest BCUT2D eigenvalue weighted by atomic mass is 16.2. The van der Waals surface area contributed by atoms with E-state index in [4.69, 9.17) is 0 Å². The topological polar surface area (TPSA) is 63.1 Å². The standard InChI is InChI=1S/C18H23N5O/c1-3-8-14(4-2)19-18(24)22-12-11-17-16(13-22)20-21-23(17)15-9-6-5-7-10-15/h3,5-7,9-10,14H,1,4,8,11-13H2,2H3,(H,19,24). The molecule has 0 aliphatic carbocycles. The molecule has 1 aliphatic heterocycles. The van der Waals surface area contributed by atoms with Crippen LogP contribution in [0.15, 0.2) is 43.0 Å². The Labute approximate surface area is 142 Å². The van der Waals surface area contributed by atoms with Crippen molar-refractivity contribution in [3.05, 3.63) is 54.4 Å². The van der Waals surface area contributed by atoms with E-state index in [2.05, 4.69) is 29.1 Å². The summed E-state index contributed by atoms with van der Waals surface area (Å²) in [4.78, 5) is 14.3. The molecule has 2 amide bonds. The number of para-hydroxylation sites is 1. The molecule has 1 N–H and O–H groups in total. The second-order valence-corrected chi connectivity index (χ2v) is 5.98. The minimum Gasteiger partial charge on any atom is -0.335 e. The zero-order valence-corrected chi connectivity index (χ0v) is 14.0. The van der Waals surface area contributed by atoms with Crippen LogP contribution in [0.25, 0.3) is 5.69 Å². The van der Waals surface area contributed by atoms with Gasteiger partial charge in [-0.15, -0.1) is 11.7 Å². The third-order valence-corrected chi connectivity index (χ3v) is 4.36. The lowest BCUT2D eigenvalue weighted by Gasteiger charge is -2.28. The fourth-order valence-electron chi connectivity index (χ4n) is 2.95. The number of benzene rings is 1. The predicted molar refractivity (Wildman–Crippen MR) is 92.9 cm³/mol. The summed E-state index contributed by atoms with van der Waals surface area (Å²) >= 11 is 0. The molecular formula is C18H23N5O. The molecule has 24 heavy (non-hydrogen) atoms. The minimum absolute atomic E-state index is 0.0383. The quantitative estimate of drug-likeness (QED) is 0.860. The van der Waals surface area contributed by atoms with Gasteiger partial charge in [0.25, 0.3) is 0 Å². The Morgan fingerprint density at radius 2 is 2.21 bits per heavy atom. The molecule has 0 spiro atoms. The fraction of sp³-hybridized carbons (Fsp3) is 0.389. The van der Waals surface area contributed by atoms with Crippen LogP contribution in [0.4, 0.5) is 4.79 Å². The smallest absolute Gasteiger partial charge is 0.317 e. The van der Waals surface area contributed by atoms with E-state index in [1.54, 1.807) is 4.90 Å². The normalized spacial score (nSPS) is 14.8. The van der Waals surface area contributed by atoms with Gasteiger partial charge in [0.1, 0.15) is 5.69 Å². The van der Waals surface area contributed by atoms with E-state index >= 15 is 0 Å². The first kappa shape index (κ1) is 16.2. The molecule has 1 unspecified atom stereocenters. The molecule has 1 aromatic carbocycles. The highest BCUT2D eigenvalue weighted by Gasteiger charge is 2.26. The van der Waals surface area contributed by atoms with E-state index in [1.807, 2.05) is 41.1 Å². The summed E-state index contributed by atoms with van der Waals surface area (Å²) in [6.45, 7) is 6.98. The van der Waals surface area contributed by atoms with Crippen molar-refractivity contribution >= 4 is 6.03 Å². The van der Waals surface area contributed by atoms with Gasteiger partial charge in [0.15, 0.2) is 0 Å². The molecule has 6 heteroatoms. The molecule has 0 radical (unpaired) electrons. The molecule has 2 heterocycles. The third kappa shape index (κ3) is 3.32. The maximum atomic E-state index is 12.5. The van der Waals surface area contributed by atoms with Crippen LogP contribution in [0.2, 0.25) is 0 Å². The second-order valence-electron chi connectivity index (χ2n) is 5.98. The Morgan fingerprint density at radius 1 is 1.42 bits per heavy atom. The summed E-state index contributed by atoms with van der Waals surface area (Å²) in [6, 6.07) is 10.1. The number of fused-ring (bicyclic) bond motifs is 1. The number of amides is 2. The van der Waals surface area contributed by atoms with Gasteiger partial charge in [-0.2, -0.15) is 0 Å². The summed E-state index contributed by atoms with van der Waals surface area (Å²) in [5, 5.41) is 11.6. The Hall–Kier alpha value is -2.63. The fourth-order valence-corrected chi connectivity index (χ4v) is 2.95. The first-order valence-corrected chi connectivity index (χ1v) is 8.38. The predicted octanol–water partition coefficient (Wildman–Crippen LogP) is 2.69. The monoisotopic (exact) mass is 325 g/mol. The molecule has 6 nitrogen and oxygen atoms in total. The maximum Gasteiger partial charge on any atom is 0.317 e. The molecule has 3 rings (SSSR count). The summed E-state index contributed by atoms with van der Waals surface area (Å²) in [7, 11) is 0. The van der Waals surface area contributed by atoms with Gasteiger partial charge in [0.2, 0.25) is 0 Å². The zero-order valence-electron chi connectivity index (χ0n) is 14.0.